The van der Waals surface area contributed by atoms with E-state index >= 15 is 0 Å². The van der Waals surface area contributed by atoms with Crippen LogP contribution >= 0.6 is 0 Å². The Morgan fingerprint density at radius 1 is 0.840 bits per heavy atom. The van der Waals surface area contributed by atoms with E-state index in [-0.39, 0.29) is 5.75 Å². The number of methoxy groups -OCH3 is 4. The maximum Gasteiger partial charge on any atom is 0.204 e. The van der Waals surface area contributed by atoms with Crippen molar-refractivity contribution in [1.29, 1.82) is 5.26 Å². The number of fused-ring (bicyclic) bond motifs is 2. The van der Waals surface area contributed by atoms with Crippen molar-refractivity contribution in [3.05, 3.63) is 29.8 Å². The molecule has 0 spiro atoms. The van der Waals surface area contributed by atoms with Gasteiger partial charge in [-0.25, -0.2) is 0 Å². The highest BCUT2D eigenvalue weighted by molar-refractivity contribution is 6.13. The van der Waals surface area contributed by atoms with Gasteiger partial charge in [0.1, 0.15) is 17.6 Å². The predicted octanol–water partition coefficient (Wildman–Crippen LogP) is 3.60. The molecule has 1 N–H and O–H groups in total. The van der Waals surface area contributed by atoms with E-state index in [9.17, 15) is 10.4 Å². The summed E-state index contributed by atoms with van der Waals surface area (Å²) in [5, 5.41) is 22.6. The average molecular weight is 339 g/mol. The van der Waals surface area contributed by atoms with Crippen molar-refractivity contribution >= 4 is 21.5 Å². The fraction of sp³-hybridized carbons (Fsp3) is 0.211. The summed E-state index contributed by atoms with van der Waals surface area (Å²) in [6, 6.07) is 9.02. The zero-order valence-electron chi connectivity index (χ0n) is 14.3. The van der Waals surface area contributed by atoms with Crippen LogP contribution in [0.2, 0.25) is 0 Å². The zero-order chi connectivity index (χ0) is 18.1. The lowest BCUT2D eigenvalue weighted by molar-refractivity contribution is 0.326. The molecule has 0 aliphatic rings. The van der Waals surface area contributed by atoms with E-state index in [1.54, 1.807) is 31.4 Å². The molecule has 0 radical (unpaired) electrons. The van der Waals surface area contributed by atoms with Crippen molar-refractivity contribution < 1.29 is 24.1 Å². The van der Waals surface area contributed by atoms with Gasteiger partial charge < -0.3 is 24.1 Å². The first-order chi connectivity index (χ1) is 12.1. The van der Waals surface area contributed by atoms with Gasteiger partial charge in [0.25, 0.3) is 0 Å². The summed E-state index contributed by atoms with van der Waals surface area (Å²) >= 11 is 0. The fourth-order valence-corrected chi connectivity index (χ4v) is 3.05. The van der Waals surface area contributed by atoms with Crippen LogP contribution in [0.5, 0.6) is 28.7 Å². The van der Waals surface area contributed by atoms with E-state index in [1.165, 1.54) is 21.3 Å². The Balaban J connectivity index is 2.62. The molecule has 0 amide bonds. The monoisotopic (exact) mass is 339 g/mol. The molecule has 3 aromatic rings. The molecular formula is C19H17NO5. The van der Waals surface area contributed by atoms with E-state index in [0.29, 0.717) is 50.1 Å². The van der Waals surface area contributed by atoms with Gasteiger partial charge in [-0.15, -0.1) is 0 Å². The first-order valence-corrected chi connectivity index (χ1v) is 7.46. The molecular weight excluding hydrogens is 322 g/mol. The summed E-state index contributed by atoms with van der Waals surface area (Å²) in [6.45, 7) is 0. The molecule has 0 saturated heterocycles. The minimum atomic E-state index is 0.00413. The van der Waals surface area contributed by atoms with Crippen molar-refractivity contribution in [1.82, 2.24) is 0 Å². The van der Waals surface area contributed by atoms with Gasteiger partial charge >= 0.3 is 0 Å². The number of nitriles is 1. The van der Waals surface area contributed by atoms with Crippen LogP contribution in [-0.4, -0.2) is 33.5 Å². The Morgan fingerprint density at radius 3 is 2.12 bits per heavy atom. The molecule has 0 atom stereocenters. The summed E-state index contributed by atoms with van der Waals surface area (Å²) in [5.41, 5.74) is 0.390. The molecule has 3 aromatic carbocycles. The SMILES string of the molecule is COc1ccc2c(O)c3c(OC)c(OC)c(OC)cc3c(C#N)c2c1. The third kappa shape index (κ3) is 2.32. The van der Waals surface area contributed by atoms with Crippen LogP contribution in [0.1, 0.15) is 5.56 Å². The summed E-state index contributed by atoms with van der Waals surface area (Å²) in [5.74, 6) is 1.66. The smallest absolute Gasteiger partial charge is 0.204 e. The molecule has 6 heteroatoms. The second-order valence-corrected chi connectivity index (χ2v) is 5.31. The third-order valence-electron chi connectivity index (χ3n) is 4.20. The van der Waals surface area contributed by atoms with Gasteiger partial charge in [-0.1, -0.05) is 0 Å². The average Bonchev–Trinajstić information content (AvgIpc) is 2.66. The lowest BCUT2D eigenvalue weighted by atomic mass is 9.95. The molecule has 25 heavy (non-hydrogen) atoms. The van der Waals surface area contributed by atoms with Crippen molar-refractivity contribution in [3.63, 3.8) is 0 Å². The number of aromatic hydroxyl groups is 1. The number of rotatable bonds is 4. The summed E-state index contributed by atoms with van der Waals surface area (Å²) in [6.07, 6.45) is 0. The van der Waals surface area contributed by atoms with Crippen molar-refractivity contribution in [2.45, 2.75) is 0 Å². The van der Waals surface area contributed by atoms with Crippen LogP contribution in [0.15, 0.2) is 24.3 Å². The number of ether oxygens (including phenoxy) is 4. The Labute approximate surface area is 144 Å². The van der Waals surface area contributed by atoms with E-state index < -0.39 is 0 Å². The minimum Gasteiger partial charge on any atom is -0.507 e. The summed E-state index contributed by atoms with van der Waals surface area (Å²) in [7, 11) is 6.00. The Kier molecular flexibility index (Phi) is 4.15. The quantitative estimate of drug-likeness (QED) is 0.732. The first-order valence-electron chi connectivity index (χ1n) is 7.46. The van der Waals surface area contributed by atoms with Crippen LogP contribution in [0.3, 0.4) is 0 Å². The molecule has 0 heterocycles. The molecule has 3 rings (SSSR count). The largest absolute Gasteiger partial charge is 0.507 e. The highest BCUT2D eigenvalue weighted by Crippen LogP contribution is 2.50. The number of benzene rings is 3. The van der Waals surface area contributed by atoms with Gasteiger partial charge in [-0.05, 0) is 24.3 Å². The van der Waals surface area contributed by atoms with Crippen LogP contribution in [0, 0.1) is 11.3 Å². The van der Waals surface area contributed by atoms with E-state index in [2.05, 4.69) is 6.07 Å². The Hall–Kier alpha value is -3.33. The predicted molar refractivity (Wildman–Crippen MR) is 94.0 cm³/mol. The van der Waals surface area contributed by atoms with Gasteiger partial charge in [0.05, 0.1) is 39.4 Å². The molecule has 0 saturated carbocycles. The molecule has 6 nitrogen and oxygen atoms in total. The third-order valence-corrected chi connectivity index (χ3v) is 4.20. The lowest BCUT2D eigenvalue weighted by Crippen LogP contribution is -1.98. The van der Waals surface area contributed by atoms with Crippen LogP contribution in [0.4, 0.5) is 0 Å². The molecule has 0 bridgehead atoms. The number of nitrogens with zero attached hydrogens (tertiary/aromatic N) is 1. The standard InChI is InChI=1S/C19H17NO5/c1-22-10-5-6-11-12(7-10)14(9-20)13-8-15(23-2)18(24-3)19(25-4)16(13)17(11)21/h5-8,21H,1-4H3. The zero-order valence-corrected chi connectivity index (χ0v) is 14.3. The highest BCUT2D eigenvalue weighted by Gasteiger charge is 2.23. The summed E-state index contributed by atoms with van der Waals surface area (Å²) in [4.78, 5) is 0. The molecule has 0 aliphatic carbocycles. The highest BCUT2D eigenvalue weighted by atomic mass is 16.5. The molecule has 0 fully saturated rings. The van der Waals surface area contributed by atoms with Crippen molar-refractivity contribution in [2.75, 3.05) is 28.4 Å². The van der Waals surface area contributed by atoms with Gasteiger partial charge in [-0.2, -0.15) is 5.26 Å². The summed E-state index contributed by atoms with van der Waals surface area (Å²) < 4.78 is 21.4. The second kappa shape index (κ2) is 6.29. The molecule has 0 unspecified atom stereocenters. The Bertz CT molecular complexity index is 1020. The number of phenols is 1. The number of phenolic OH excluding ortho intramolecular Hbond substituents is 1. The fourth-order valence-electron chi connectivity index (χ4n) is 3.05. The Morgan fingerprint density at radius 2 is 1.56 bits per heavy atom. The second-order valence-electron chi connectivity index (χ2n) is 5.31. The minimum absolute atomic E-state index is 0.00413. The number of hydrogen-bond acceptors (Lipinski definition) is 6. The molecule has 0 aliphatic heterocycles. The van der Waals surface area contributed by atoms with Crippen LogP contribution in [-0.2, 0) is 0 Å². The maximum atomic E-state index is 10.9. The first kappa shape index (κ1) is 16.5. The molecule has 128 valence electrons. The topological polar surface area (TPSA) is 80.9 Å². The van der Waals surface area contributed by atoms with E-state index in [0.717, 1.165) is 0 Å². The van der Waals surface area contributed by atoms with E-state index in [4.69, 9.17) is 18.9 Å². The van der Waals surface area contributed by atoms with Gasteiger partial charge in [-0.3, -0.25) is 0 Å². The van der Waals surface area contributed by atoms with Gasteiger partial charge in [0.15, 0.2) is 11.5 Å². The number of hydrogen-bond donors (Lipinski definition) is 1. The normalized spacial score (nSPS) is 10.5. The lowest BCUT2D eigenvalue weighted by Gasteiger charge is -2.18. The molecule has 0 aromatic heterocycles. The maximum absolute atomic E-state index is 10.9. The van der Waals surface area contributed by atoms with Crippen LogP contribution in [0.25, 0.3) is 21.5 Å². The van der Waals surface area contributed by atoms with Crippen LogP contribution < -0.4 is 18.9 Å². The van der Waals surface area contributed by atoms with Gasteiger partial charge in [0.2, 0.25) is 5.75 Å². The van der Waals surface area contributed by atoms with Crippen molar-refractivity contribution in [2.24, 2.45) is 0 Å². The van der Waals surface area contributed by atoms with Gasteiger partial charge in [0, 0.05) is 16.2 Å². The van der Waals surface area contributed by atoms with E-state index in [1.807, 2.05) is 0 Å². The van der Waals surface area contributed by atoms with Crippen molar-refractivity contribution in [3.8, 4) is 34.8 Å².